The minimum Gasteiger partial charge on any atom is -0.337 e. The maximum atomic E-state index is 12.1. The number of nitrogens with zero attached hydrogens (tertiary/aromatic N) is 4. The molecule has 2 rings (SSSR count). The summed E-state index contributed by atoms with van der Waals surface area (Å²) in [5.41, 5.74) is 0.658. The van der Waals surface area contributed by atoms with E-state index in [1.807, 2.05) is 11.6 Å². The Labute approximate surface area is 140 Å². The van der Waals surface area contributed by atoms with Gasteiger partial charge in [-0.25, -0.2) is 19.4 Å². The van der Waals surface area contributed by atoms with Crippen molar-refractivity contribution in [2.75, 3.05) is 11.9 Å². The van der Waals surface area contributed by atoms with Crippen LogP contribution in [-0.2, 0) is 13.5 Å². The van der Waals surface area contributed by atoms with Crippen molar-refractivity contribution in [3.05, 3.63) is 28.1 Å². The van der Waals surface area contributed by atoms with Gasteiger partial charge in [0.25, 0.3) is 0 Å². The van der Waals surface area contributed by atoms with Crippen LogP contribution >= 0.6 is 0 Å². The van der Waals surface area contributed by atoms with E-state index in [0.717, 1.165) is 18.4 Å². The molecular formula is C15H25N7O2. The predicted molar refractivity (Wildman–Crippen MR) is 91.1 cm³/mol. The van der Waals surface area contributed by atoms with E-state index >= 15 is 0 Å². The Morgan fingerprint density at radius 1 is 1.38 bits per heavy atom. The molecular weight excluding hydrogens is 310 g/mol. The van der Waals surface area contributed by atoms with E-state index in [2.05, 4.69) is 39.8 Å². The van der Waals surface area contributed by atoms with E-state index in [0.29, 0.717) is 24.6 Å². The van der Waals surface area contributed by atoms with Gasteiger partial charge in [0.15, 0.2) is 0 Å². The third-order valence-corrected chi connectivity index (χ3v) is 4.11. The van der Waals surface area contributed by atoms with Gasteiger partial charge in [-0.3, -0.25) is 9.88 Å². The lowest BCUT2D eigenvalue weighted by atomic mass is 10.2. The van der Waals surface area contributed by atoms with Gasteiger partial charge in [-0.05, 0) is 19.8 Å². The molecule has 0 spiro atoms. The number of anilines is 1. The van der Waals surface area contributed by atoms with Gasteiger partial charge in [-0.1, -0.05) is 13.8 Å². The van der Waals surface area contributed by atoms with Crippen molar-refractivity contribution >= 4 is 11.8 Å². The number of aromatic nitrogens is 5. The van der Waals surface area contributed by atoms with E-state index in [9.17, 15) is 9.59 Å². The van der Waals surface area contributed by atoms with Crippen LogP contribution < -0.4 is 16.3 Å². The van der Waals surface area contributed by atoms with Gasteiger partial charge in [0.2, 0.25) is 0 Å². The normalized spacial score (nSPS) is 11.0. The molecule has 0 saturated carbocycles. The predicted octanol–water partition coefficient (Wildman–Crippen LogP) is 1.34. The van der Waals surface area contributed by atoms with Gasteiger partial charge in [0, 0.05) is 25.6 Å². The molecule has 2 aromatic heterocycles. The summed E-state index contributed by atoms with van der Waals surface area (Å²) in [5.74, 6) is 1.31. The first-order chi connectivity index (χ1) is 11.5. The second kappa shape index (κ2) is 7.80. The molecule has 9 heteroatoms. The van der Waals surface area contributed by atoms with Crippen molar-refractivity contribution in [1.29, 1.82) is 0 Å². The molecule has 0 aliphatic carbocycles. The molecule has 0 fully saturated rings. The number of nitrogens with one attached hydrogen (secondary N) is 3. The Kier molecular flexibility index (Phi) is 5.78. The molecule has 0 aliphatic heterocycles. The summed E-state index contributed by atoms with van der Waals surface area (Å²) in [6, 6.07) is -0.0427. The zero-order chi connectivity index (χ0) is 17.7. The molecule has 0 unspecified atom stereocenters. The Hall–Kier alpha value is -2.58. The number of amides is 2. The van der Waals surface area contributed by atoms with Crippen LogP contribution in [-0.4, -0.2) is 37.1 Å². The highest BCUT2D eigenvalue weighted by Crippen LogP contribution is 2.23. The van der Waals surface area contributed by atoms with Crippen molar-refractivity contribution in [2.24, 2.45) is 7.05 Å². The van der Waals surface area contributed by atoms with Crippen molar-refractivity contribution in [3.8, 4) is 0 Å². The Balaban J connectivity index is 1.94. The Bertz CT molecular complexity index is 739. The summed E-state index contributed by atoms with van der Waals surface area (Å²) in [6.45, 7) is 6.50. The minimum atomic E-state index is -0.300. The first-order valence-electron chi connectivity index (χ1n) is 8.17. The average Bonchev–Trinajstić information content (AvgIpc) is 3.07. The third kappa shape index (κ3) is 3.84. The lowest BCUT2D eigenvalue weighted by molar-refractivity contribution is 0.251. The number of carbonyl (C=O) groups excluding carboxylic acids is 1. The number of carbonyl (C=O) groups is 1. The third-order valence-electron chi connectivity index (χ3n) is 4.11. The van der Waals surface area contributed by atoms with E-state index in [1.165, 1.54) is 4.57 Å². The van der Waals surface area contributed by atoms with Gasteiger partial charge in [-0.15, -0.1) is 0 Å². The maximum absolute atomic E-state index is 12.1. The highest BCUT2D eigenvalue weighted by molar-refractivity contribution is 5.89. The Morgan fingerprint density at radius 3 is 2.67 bits per heavy atom. The number of aromatic amines is 1. The molecule has 24 heavy (non-hydrogen) atoms. The standard InChI is InChI=1S/C15H25N7O2/c1-5-11(6-2)22-13(10(3)9-17-22)18-14(23)16-8-7-12-19-20-15(24)21(12)4/h9,11H,5-8H2,1-4H3,(H,20,24)(H2,16,18,23). The summed E-state index contributed by atoms with van der Waals surface area (Å²) in [6.07, 6.45) is 4.11. The highest BCUT2D eigenvalue weighted by Gasteiger charge is 2.16. The summed E-state index contributed by atoms with van der Waals surface area (Å²) in [5, 5.41) is 16.3. The van der Waals surface area contributed by atoms with Gasteiger partial charge in [0.1, 0.15) is 11.6 Å². The van der Waals surface area contributed by atoms with Gasteiger partial charge in [-0.2, -0.15) is 10.2 Å². The first kappa shape index (κ1) is 17.8. The lowest BCUT2D eigenvalue weighted by Gasteiger charge is -2.17. The number of H-pyrrole nitrogens is 1. The molecule has 2 amide bonds. The molecule has 0 bridgehead atoms. The zero-order valence-electron chi connectivity index (χ0n) is 14.6. The zero-order valence-corrected chi connectivity index (χ0v) is 14.6. The van der Waals surface area contributed by atoms with Crippen LogP contribution in [0.4, 0.5) is 10.6 Å². The molecule has 0 saturated heterocycles. The topological polar surface area (TPSA) is 110 Å². The van der Waals surface area contributed by atoms with E-state index < -0.39 is 0 Å². The molecule has 132 valence electrons. The average molecular weight is 335 g/mol. The maximum Gasteiger partial charge on any atom is 0.343 e. The molecule has 3 N–H and O–H groups in total. The number of rotatable bonds is 7. The molecule has 9 nitrogen and oxygen atoms in total. The molecule has 2 heterocycles. The summed E-state index contributed by atoms with van der Waals surface area (Å²) < 4.78 is 3.29. The SMILES string of the molecule is CCC(CC)n1ncc(C)c1NC(=O)NCCc1n[nH]c(=O)n1C. The smallest absolute Gasteiger partial charge is 0.337 e. The fourth-order valence-corrected chi connectivity index (χ4v) is 2.56. The van der Waals surface area contributed by atoms with E-state index in [4.69, 9.17) is 0 Å². The molecule has 0 radical (unpaired) electrons. The summed E-state index contributed by atoms with van der Waals surface area (Å²) >= 11 is 0. The quantitative estimate of drug-likeness (QED) is 0.709. The molecule has 0 aromatic carbocycles. The largest absolute Gasteiger partial charge is 0.343 e. The van der Waals surface area contributed by atoms with Gasteiger partial charge >= 0.3 is 11.7 Å². The van der Waals surface area contributed by atoms with Crippen molar-refractivity contribution in [3.63, 3.8) is 0 Å². The van der Waals surface area contributed by atoms with Gasteiger partial charge < -0.3 is 5.32 Å². The van der Waals surface area contributed by atoms with Crippen LogP contribution in [0.3, 0.4) is 0 Å². The van der Waals surface area contributed by atoms with Crippen LogP contribution in [0.1, 0.15) is 44.1 Å². The number of hydrogen-bond acceptors (Lipinski definition) is 4. The van der Waals surface area contributed by atoms with Gasteiger partial charge in [0.05, 0.1) is 12.2 Å². The minimum absolute atomic E-state index is 0.257. The van der Waals surface area contributed by atoms with Crippen LogP contribution in [0.2, 0.25) is 0 Å². The second-order valence-electron chi connectivity index (χ2n) is 5.73. The summed E-state index contributed by atoms with van der Waals surface area (Å²) in [7, 11) is 1.64. The molecule has 2 aromatic rings. The van der Waals surface area contributed by atoms with Crippen LogP contribution in [0, 0.1) is 6.92 Å². The van der Waals surface area contributed by atoms with E-state index in [1.54, 1.807) is 13.2 Å². The second-order valence-corrected chi connectivity index (χ2v) is 5.73. The molecule has 0 aliphatic rings. The number of aryl methyl sites for hydroxylation is 1. The lowest BCUT2D eigenvalue weighted by Crippen LogP contribution is -2.32. The van der Waals surface area contributed by atoms with Crippen molar-refractivity contribution in [1.82, 2.24) is 29.9 Å². The monoisotopic (exact) mass is 335 g/mol. The van der Waals surface area contributed by atoms with E-state index in [-0.39, 0.29) is 17.8 Å². The van der Waals surface area contributed by atoms with Crippen molar-refractivity contribution in [2.45, 2.75) is 46.1 Å². The Morgan fingerprint density at radius 2 is 2.08 bits per heavy atom. The fraction of sp³-hybridized carbons (Fsp3) is 0.600. The van der Waals surface area contributed by atoms with Crippen molar-refractivity contribution < 1.29 is 4.79 Å². The highest BCUT2D eigenvalue weighted by atomic mass is 16.2. The number of urea groups is 1. The van der Waals surface area contributed by atoms with Crippen LogP contribution in [0.15, 0.2) is 11.0 Å². The molecule has 0 atom stereocenters. The van der Waals surface area contributed by atoms with Crippen LogP contribution in [0.25, 0.3) is 0 Å². The van der Waals surface area contributed by atoms with Crippen LogP contribution in [0.5, 0.6) is 0 Å². The first-order valence-corrected chi connectivity index (χ1v) is 8.17. The summed E-state index contributed by atoms with van der Waals surface area (Å²) in [4.78, 5) is 23.4. The fourth-order valence-electron chi connectivity index (χ4n) is 2.56. The number of hydrogen-bond donors (Lipinski definition) is 3.